The molecule has 1 amide bonds. The minimum atomic E-state index is -1.01. The van der Waals surface area contributed by atoms with E-state index in [1.165, 1.54) is 11.1 Å². The number of benzene rings is 2. The van der Waals surface area contributed by atoms with Crippen LogP contribution in [0.4, 0.5) is 9.18 Å². The maximum absolute atomic E-state index is 14.3. The van der Waals surface area contributed by atoms with Crippen LogP contribution in [0.25, 0.3) is 0 Å². The lowest BCUT2D eigenvalue weighted by atomic mass is 9.93. The SMILES string of the molecule is [B]c1ccc(C[C@H](N)[C@@H](O)CN(Cc2ccccc2F)NC(=O)O[C@H]2CO[C@H]3OCC[C@H]32)cc1. The number of hydrogen-bond donors (Lipinski definition) is 3. The number of carbonyl (C=O) groups excluding carboxylic acids is 1. The normalized spacial score (nSPS) is 23.5. The number of nitrogens with two attached hydrogens (primary N) is 1. The molecule has 2 fully saturated rings. The van der Waals surface area contributed by atoms with Crippen LogP contribution in [-0.2, 0) is 27.2 Å². The Balaban J connectivity index is 1.39. The fourth-order valence-electron chi connectivity index (χ4n) is 4.25. The van der Waals surface area contributed by atoms with E-state index in [4.69, 9.17) is 27.8 Å². The summed E-state index contributed by atoms with van der Waals surface area (Å²) in [6.45, 7) is 0.805. The van der Waals surface area contributed by atoms with Crippen LogP contribution in [0.1, 0.15) is 17.5 Å². The van der Waals surface area contributed by atoms with E-state index in [0.29, 0.717) is 24.1 Å². The molecule has 2 radical (unpaired) electrons. The first kappa shape index (κ1) is 24.6. The van der Waals surface area contributed by atoms with E-state index in [-0.39, 0.29) is 31.9 Å². The number of nitrogens with one attached hydrogen (secondary N) is 1. The van der Waals surface area contributed by atoms with Crippen LogP contribution in [0, 0.1) is 11.7 Å². The number of carbonyl (C=O) groups is 1. The summed E-state index contributed by atoms with van der Waals surface area (Å²) in [5, 5.41) is 12.2. The summed E-state index contributed by atoms with van der Waals surface area (Å²) in [5.74, 6) is -0.428. The Kier molecular flexibility index (Phi) is 8.17. The van der Waals surface area contributed by atoms with Crippen molar-refractivity contribution in [1.82, 2.24) is 10.4 Å². The molecule has 34 heavy (non-hydrogen) atoms. The number of aliphatic hydroxyl groups excluding tert-OH is 1. The van der Waals surface area contributed by atoms with Crippen molar-refractivity contribution in [2.75, 3.05) is 19.8 Å². The minimum Gasteiger partial charge on any atom is -0.442 e. The zero-order valence-electron chi connectivity index (χ0n) is 18.8. The molecule has 0 aliphatic carbocycles. The molecular formula is C24H29BFN3O5. The number of nitrogens with zero attached hydrogens (tertiary/aromatic N) is 1. The summed E-state index contributed by atoms with van der Waals surface area (Å²) < 4.78 is 30.8. The molecule has 0 spiro atoms. The van der Waals surface area contributed by atoms with E-state index >= 15 is 0 Å². The van der Waals surface area contributed by atoms with Crippen molar-refractivity contribution >= 4 is 19.4 Å². The van der Waals surface area contributed by atoms with E-state index in [0.717, 1.165) is 12.0 Å². The Morgan fingerprint density at radius 1 is 1.26 bits per heavy atom. The van der Waals surface area contributed by atoms with E-state index in [2.05, 4.69) is 5.43 Å². The predicted octanol–water partition coefficient (Wildman–Crippen LogP) is 0.755. The Morgan fingerprint density at radius 3 is 2.79 bits per heavy atom. The van der Waals surface area contributed by atoms with Gasteiger partial charge in [0.05, 0.1) is 25.2 Å². The molecule has 10 heteroatoms. The minimum absolute atomic E-state index is 0.00955. The molecule has 8 nitrogen and oxygen atoms in total. The van der Waals surface area contributed by atoms with Gasteiger partial charge < -0.3 is 25.1 Å². The van der Waals surface area contributed by atoms with E-state index in [1.54, 1.807) is 30.3 Å². The smallest absolute Gasteiger partial charge is 0.422 e. The summed E-state index contributed by atoms with van der Waals surface area (Å²) >= 11 is 0. The van der Waals surface area contributed by atoms with Gasteiger partial charge >= 0.3 is 6.09 Å². The van der Waals surface area contributed by atoms with Gasteiger partial charge in [-0.25, -0.2) is 14.2 Å². The summed E-state index contributed by atoms with van der Waals surface area (Å²) in [4.78, 5) is 12.7. The highest BCUT2D eigenvalue weighted by atomic mass is 19.1. The average molecular weight is 469 g/mol. The lowest BCUT2D eigenvalue weighted by molar-refractivity contribution is -0.0907. The Labute approximate surface area is 199 Å². The third kappa shape index (κ3) is 6.34. The summed E-state index contributed by atoms with van der Waals surface area (Å²) in [6.07, 6.45) is -1.34. The van der Waals surface area contributed by atoms with Crippen molar-refractivity contribution < 1.29 is 28.5 Å². The van der Waals surface area contributed by atoms with Gasteiger partial charge in [0.2, 0.25) is 0 Å². The quantitative estimate of drug-likeness (QED) is 0.368. The summed E-state index contributed by atoms with van der Waals surface area (Å²) in [7, 11) is 5.72. The molecule has 0 saturated carbocycles. The highest BCUT2D eigenvalue weighted by molar-refractivity contribution is 6.32. The molecule has 0 aromatic heterocycles. The largest absolute Gasteiger partial charge is 0.442 e. The monoisotopic (exact) mass is 469 g/mol. The van der Waals surface area contributed by atoms with Crippen molar-refractivity contribution in [2.45, 2.75) is 43.9 Å². The van der Waals surface area contributed by atoms with Crippen molar-refractivity contribution in [3.63, 3.8) is 0 Å². The zero-order chi connectivity index (χ0) is 24.1. The van der Waals surface area contributed by atoms with E-state index in [9.17, 15) is 14.3 Å². The first-order valence-electron chi connectivity index (χ1n) is 11.4. The highest BCUT2D eigenvalue weighted by Crippen LogP contribution is 2.32. The molecule has 2 saturated heterocycles. The number of rotatable bonds is 9. The van der Waals surface area contributed by atoms with E-state index in [1.807, 2.05) is 12.1 Å². The average Bonchev–Trinajstić information content (AvgIpc) is 3.42. The highest BCUT2D eigenvalue weighted by Gasteiger charge is 2.44. The van der Waals surface area contributed by atoms with Crippen LogP contribution in [0.3, 0.4) is 0 Å². The fraction of sp³-hybridized carbons (Fsp3) is 0.458. The number of hydrogen-bond acceptors (Lipinski definition) is 7. The third-order valence-electron chi connectivity index (χ3n) is 6.16. The second-order valence-corrected chi connectivity index (χ2v) is 8.73. The summed E-state index contributed by atoms with van der Waals surface area (Å²) in [5.41, 5.74) is 10.8. The van der Waals surface area contributed by atoms with Crippen LogP contribution in [0.2, 0.25) is 0 Å². The molecule has 2 aliphatic rings. The van der Waals surface area contributed by atoms with Gasteiger partial charge in [-0.2, -0.15) is 0 Å². The first-order chi connectivity index (χ1) is 16.4. The lowest BCUT2D eigenvalue weighted by Crippen LogP contribution is -2.51. The second kappa shape index (κ2) is 11.3. The molecule has 2 heterocycles. The van der Waals surface area contributed by atoms with Gasteiger partial charge in [-0.15, -0.1) is 0 Å². The first-order valence-corrected chi connectivity index (χ1v) is 11.4. The predicted molar refractivity (Wildman–Crippen MR) is 124 cm³/mol. The number of amides is 1. The molecule has 4 N–H and O–H groups in total. The maximum atomic E-state index is 14.3. The van der Waals surface area contributed by atoms with Gasteiger partial charge in [-0.05, 0) is 24.5 Å². The van der Waals surface area contributed by atoms with Gasteiger partial charge in [0.15, 0.2) is 6.29 Å². The van der Waals surface area contributed by atoms with Crippen molar-refractivity contribution in [1.29, 1.82) is 0 Å². The van der Waals surface area contributed by atoms with E-state index < -0.39 is 30.2 Å². The molecule has 2 aromatic carbocycles. The Morgan fingerprint density at radius 2 is 2.03 bits per heavy atom. The van der Waals surface area contributed by atoms with Gasteiger partial charge in [-0.1, -0.05) is 47.9 Å². The van der Waals surface area contributed by atoms with Crippen LogP contribution in [0.15, 0.2) is 48.5 Å². The maximum Gasteiger partial charge on any atom is 0.422 e. The van der Waals surface area contributed by atoms with Crippen LogP contribution in [0.5, 0.6) is 0 Å². The van der Waals surface area contributed by atoms with Crippen LogP contribution < -0.4 is 16.6 Å². The third-order valence-corrected chi connectivity index (χ3v) is 6.16. The molecule has 180 valence electrons. The van der Waals surface area contributed by atoms with Crippen molar-refractivity contribution in [3.05, 3.63) is 65.5 Å². The number of ether oxygens (including phenoxy) is 3. The molecule has 4 rings (SSSR count). The Hall–Kier alpha value is -2.50. The summed E-state index contributed by atoms with van der Waals surface area (Å²) in [6, 6.07) is 12.8. The van der Waals surface area contributed by atoms with Gasteiger partial charge in [0.1, 0.15) is 19.8 Å². The molecule has 2 aromatic rings. The van der Waals surface area contributed by atoms with Gasteiger partial charge in [0.25, 0.3) is 0 Å². The topological polar surface area (TPSA) is 106 Å². The lowest BCUT2D eigenvalue weighted by Gasteiger charge is -2.29. The van der Waals surface area contributed by atoms with Crippen molar-refractivity contribution in [3.8, 4) is 0 Å². The van der Waals surface area contributed by atoms with Crippen LogP contribution >= 0.6 is 0 Å². The Bertz CT molecular complexity index is 966. The molecule has 5 atom stereocenters. The van der Waals surface area contributed by atoms with Gasteiger partial charge in [0, 0.05) is 24.7 Å². The van der Waals surface area contributed by atoms with Crippen LogP contribution in [-0.4, -0.2) is 68.4 Å². The number of hydrazine groups is 1. The number of aliphatic hydroxyl groups is 1. The molecule has 2 aliphatic heterocycles. The number of halogens is 1. The molecular weight excluding hydrogens is 440 g/mol. The van der Waals surface area contributed by atoms with Crippen molar-refractivity contribution in [2.24, 2.45) is 11.7 Å². The van der Waals surface area contributed by atoms with Gasteiger partial charge in [-0.3, -0.25) is 5.43 Å². The fourth-order valence-corrected chi connectivity index (χ4v) is 4.25. The molecule has 0 bridgehead atoms. The zero-order valence-corrected chi connectivity index (χ0v) is 18.8. The number of fused-ring (bicyclic) bond motifs is 1. The standard InChI is InChI=1S/C24H29BFN3O5/c25-17-7-5-15(6-8-17)11-20(27)21(30)13-29(12-16-3-1-2-4-19(16)26)28-24(31)34-22-14-33-23-18(22)9-10-32-23/h1-8,18,20-23,30H,9-14,27H2,(H,28,31)/t18-,20-,21-,22-,23+/m0/s1. The second-order valence-electron chi connectivity index (χ2n) is 8.73. The molecule has 0 unspecified atom stereocenters.